The lowest BCUT2D eigenvalue weighted by atomic mass is 9.78. The van der Waals surface area contributed by atoms with Crippen molar-refractivity contribution >= 4 is 11.8 Å². The highest BCUT2D eigenvalue weighted by molar-refractivity contribution is 5.82. The van der Waals surface area contributed by atoms with Crippen molar-refractivity contribution in [3.8, 4) is 0 Å². The van der Waals surface area contributed by atoms with Crippen molar-refractivity contribution in [1.82, 2.24) is 10.2 Å². The second-order valence-corrected chi connectivity index (χ2v) is 6.43. The molecule has 0 radical (unpaired) electrons. The van der Waals surface area contributed by atoms with Crippen molar-refractivity contribution in [3.05, 3.63) is 0 Å². The van der Waals surface area contributed by atoms with Gasteiger partial charge in [0.2, 0.25) is 11.8 Å². The van der Waals surface area contributed by atoms with Crippen molar-refractivity contribution in [2.45, 2.75) is 45.1 Å². The van der Waals surface area contributed by atoms with Crippen LogP contribution in [0.2, 0.25) is 0 Å². The molecule has 2 rings (SSSR count). The van der Waals surface area contributed by atoms with Crippen LogP contribution in [0, 0.1) is 17.8 Å². The first kappa shape index (κ1) is 15.3. The third-order valence-corrected chi connectivity index (χ3v) is 4.83. The van der Waals surface area contributed by atoms with E-state index in [-0.39, 0.29) is 29.7 Å². The Morgan fingerprint density at radius 1 is 1.25 bits per heavy atom. The molecule has 5 heteroatoms. The summed E-state index contributed by atoms with van der Waals surface area (Å²) in [7, 11) is 1.65. The molecule has 4 atom stereocenters. The molecule has 3 N–H and O–H groups in total. The van der Waals surface area contributed by atoms with Gasteiger partial charge in [0.05, 0.1) is 11.8 Å². The van der Waals surface area contributed by atoms with Crippen LogP contribution in [0.25, 0.3) is 0 Å². The average Bonchev–Trinajstić information content (AvgIpc) is 2.48. The number of nitrogens with zero attached hydrogens (tertiary/aromatic N) is 1. The standard InChI is InChI=1S/C15H27N3O2/c1-10-5-6-13(16)12(8-10)15(20)18-7-3-4-11(9-18)14(19)17-2/h10-13H,3-9,16H2,1-2H3,(H,17,19). The maximum atomic E-state index is 12.7. The van der Waals surface area contributed by atoms with Crippen molar-refractivity contribution < 1.29 is 9.59 Å². The SMILES string of the molecule is CNC(=O)C1CCCN(C(=O)C2CC(C)CCC2N)C1. The molecule has 1 saturated carbocycles. The predicted molar refractivity (Wildman–Crippen MR) is 77.9 cm³/mol. The maximum absolute atomic E-state index is 12.7. The van der Waals surface area contributed by atoms with Crippen molar-refractivity contribution in [2.75, 3.05) is 20.1 Å². The topological polar surface area (TPSA) is 75.4 Å². The van der Waals surface area contributed by atoms with Crippen molar-refractivity contribution in [2.24, 2.45) is 23.5 Å². The number of amides is 2. The van der Waals surface area contributed by atoms with E-state index in [4.69, 9.17) is 5.73 Å². The smallest absolute Gasteiger partial charge is 0.227 e. The molecule has 0 aromatic rings. The number of carbonyl (C=O) groups excluding carboxylic acids is 2. The van der Waals surface area contributed by atoms with E-state index < -0.39 is 0 Å². The number of hydrogen-bond acceptors (Lipinski definition) is 3. The predicted octanol–water partition coefficient (Wildman–Crippen LogP) is 0.735. The molecule has 114 valence electrons. The summed E-state index contributed by atoms with van der Waals surface area (Å²) in [5, 5.41) is 2.69. The Bertz CT molecular complexity index is 372. The van der Waals surface area contributed by atoms with Crippen molar-refractivity contribution in [3.63, 3.8) is 0 Å². The Morgan fingerprint density at radius 3 is 2.70 bits per heavy atom. The van der Waals surface area contributed by atoms with Crippen LogP contribution in [0.15, 0.2) is 0 Å². The van der Waals surface area contributed by atoms with E-state index in [1.54, 1.807) is 7.05 Å². The lowest BCUT2D eigenvalue weighted by molar-refractivity contribution is -0.141. The summed E-state index contributed by atoms with van der Waals surface area (Å²) >= 11 is 0. The second-order valence-electron chi connectivity index (χ2n) is 6.43. The maximum Gasteiger partial charge on any atom is 0.227 e. The van der Waals surface area contributed by atoms with Crippen LogP contribution >= 0.6 is 0 Å². The van der Waals surface area contributed by atoms with Gasteiger partial charge in [0.1, 0.15) is 0 Å². The second kappa shape index (κ2) is 6.57. The van der Waals surface area contributed by atoms with Gasteiger partial charge in [-0.1, -0.05) is 6.92 Å². The number of nitrogens with two attached hydrogens (primary N) is 1. The molecule has 1 saturated heterocycles. The number of rotatable bonds is 2. The highest BCUT2D eigenvalue weighted by Crippen LogP contribution is 2.30. The summed E-state index contributed by atoms with van der Waals surface area (Å²) in [5.41, 5.74) is 6.14. The highest BCUT2D eigenvalue weighted by atomic mass is 16.2. The van der Waals surface area contributed by atoms with Crippen LogP contribution in [0.1, 0.15) is 39.0 Å². The van der Waals surface area contributed by atoms with Gasteiger partial charge in [-0.2, -0.15) is 0 Å². The number of carbonyl (C=O) groups is 2. The summed E-state index contributed by atoms with van der Waals surface area (Å²) < 4.78 is 0. The summed E-state index contributed by atoms with van der Waals surface area (Å²) in [5.74, 6) is 0.668. The van der Waals surface area contributed by atoms with E-state index in [9.17, 15) is 9.59 Å². The minimum atomic E-state index is -0.0602. The third-order valence-electron chi connectivity index (χ3n) is 4.83. The first-order valence-electron chi connectivity index (χ1n) is 7.79. The molecule has 20 heavy (non-hydrogen) atoms. The molecule has 1 aliphatic carbocycles. The van der Waals surface area contributed by atoms with Crippen molar-refractivity contribution in [1.29, 1.82) is 0 Å². The zero-order valence-corrected chi connectivity index (χ0v) is 12.6. The van der Waals surface area contributed by atoms with E-state index >= 15 is 0 Å². The number of nitrogens with one attached hydrogen (secondary N) is 1. The van der Waals surface area contributed by atoms with Crippen LogP contribution in [0.5, 0.6) is 0 Å². The number of piperidine rings is 1. The third kappa shape index (κ3) is 3.32. The average molecular weight is 281 g/mol. The van der Waals surface area contributed by atoms with Crippen LogP contribution in [0.4, 0.5) is 0 Å². The van der Waals surface area contributed by atoms with Gasteiger partial charge in [0, 0.05) is 26.2 Å². The van der Waals surface area contributed by atoms with Gasteiger partial charge in [0.25, 0.3) is 0 Å². The fraction of sp³-hybridized carbons (Fsp3) is 0.867. The Hall–Kier alpha value is -1.10. The van der Waals surface area contributed by atoms with Gasteiger partial charge < -0.3 is 16.0 Å². The highest BCUT2D eigenvalue weighted by Gasteiger charge is 2.36. The van der Waals surface area contributed by atoms with E-state index in [2.05, 4.69) is 12.2 Å². The van der Waals surface area contributed by atoms with E-state index in [1.165, 1.54) is 0 Å². The molecule has 4 unspecified atom stereocenters. The summed E-state index contributed by atoms with van der Waals surface area (Å²) in [4.78, 5) is 26.3. The Labute approximate surface area is 121 Å². The number of likely N-dealkylation sites (tertiary alicyclic amines) is 1. The molecule has 0 spiro atoms. The minimum Gasteiger partial charge on any atom is -0.359 e. The van der Waals surface area contributed by atoms with Gasteiger partial charge in [-0.3, -0.25) is 9.59 Å². The van der Waals surface area contributed by atoms with Crippen LogP contribution < -0.4 is 11.1 Å². The quantitative estimate of drug-likeness (QED) is 0.783. The van der Waals surface area contributed by atoms with Gasteiger partial charge in [-0.05, 0) is 38.0 Å². The van der Waals surface area contributed by atoms with E-state index in [1.807, 2.05) is 4.90 Å². The van der Waals surface area contributed by atoms with Crippen LogP contribution in [-0.2, 0) is 9.59 Å². The fourth-order valence-electron chi connectivity index (χ4n) is 3.52. The molecule has 0 bridgehead atoms. The van der Waals surface area contributed by atoms with Gasteiger partial charge in [-0.15, -0.1) is 0 Å². The zero-order valence-electron chi connectivity index (χ0n) is 12.6. The van der Waals surface area contributed by atoms with Crippen LogP contribution in [0.3, 0.4) is 0 Å². The molecular weight excluding hydrogens is 254 g/mol. The number of hydrogen-bond donors (Lipinski definition) is 2. The Balaban J connectivity index is 1.99. The summed E-state index contributed by atoms with van der Waals surface area (Å²) in [6.07, 6.45) is 4.72. The molecular formula is C15H27N3O2. The summed E-state index contributed by atoms with van der Waals surface area (Å²) in [6, 6.07) is -0.0147. The van der Waals surface area contributed by atoms with Gasteiger partial charge in [-0.25, -0.2) is 0 Å². The van der Waals surface area contributed by atoms with Gasteiger partial charge >= 0.3 is 0 Å². The molecule has 2 fully saturated rings. The lowest BCUT2D eigenvalue weighted by Crippen LogP contribution is -2.51. The van der Waals surface area contributed by atoms with Crippen LogP contribution in [-0.4, -0.2) is 42.9 Å². The fourth-order valence-corrected chi connectivity index (χ4v) is 3.52. The largest absolute Gasteiger partial charge is 0.359 e. The zero-order chi connectivity index (χ0) is 14.7. The molecule has 0 aromatic heterocycles. The Kier molecular flexibility index (Phi) is 5.02. The van der Waals surface area contributed by atoms with E-state index in [0.29, 0.717) is 12.5 Å². The lowest BCUT2D eigenvalue weighted by Gasteiger charge is -2.38. The molecule has 1 aliphatic heterocycles. The molecule has 0 aromatic carbocycles. The first-order chi connectivity index (χ1) is 9.52. The first-order valence-corrected chi connectivity index (χ1v) is 7.79. The molecule has 5 nitrogen and oxygen atoms in total. The normalized spacial score (nSPS) is 34.6. The summed E-state index contributed by atoms with van der Waals surface area (Å²) in [6.45, 7) is 3.51. The van der Waals surface area contributed by atoms with E-state index in [0.717, 1.165) is 38.6 Å². The Morgan fingerprint density at radius 2 is 2.00 bits per heavy atom. The monoisotopic (exact) mass is 281 g/mol. The molecule has 2 aliphatic rings. The van der Waals surface area contributed by atoms with Gasteiger partial charge in [0.15, 0.2) is 0 Å². The minimum absolute atomic E-state index is 0.0147. The molecule has 2 amide bonds. The molecule has 1 heterocycles.